The van der Waals surface area contributed by atoms with Crippen LogP contribution in [0.2, 0.25) is 0 Å². The van der Waals surface area contributed by atoms with Crippen LogP contribution in [-0.2, 0) is 15.7 Å². The minimum Gasteiger partial charge on any atom is -0.452 e. The van der Waals surface area contributed by atoms with Crippen molar-refractivity contribution in [2.24, 2.45) is 0 Å². The molecule has 0 unspecified atom stereocenters. The van der Waals surface area contributed by atoms with E-state index >= 15 is 0 Å². The first-order chi connectivity index (χ1) is 15.5. The van der Waals surface area contributed by atoms with Gasteiger partial charge in [0.1, 0.15) is 0 Å². The van der Waals surface area contributed by atoms with Crippen molar-refractivity contribution >= 4 is 23.3 Å². The summed E-state index contributed by atoms with van der Waals surface area (Å²) in [4.78, 5) is 34.0. The fraction of sp³-hybridized carbons (Fsp3) is 0.190. The highest BCUT2D eigenvalue weighted by molar-refractivity contribution is 5.96. The minimum atomic E-state index is -4.95. The summed E-state index contributed by atoms with van der Waals surface area (Å²) in [5, 5.41) is 17.0. The van der Waals surface area contributed by atoms with Crippen LogP contribution in [0.3, 0.4) is 0 Å². The average molecular weight is 462 g/mol. The molecule has 0 aliphatic rings. The number of carbonyl (C=O) groups is 2. The molecule has 0 radical (unpaired) electrons. The van der Waals surface area contributed by atoms with Crippen molar-refractivity contribution in [2.45, 2.75) is 20.0 Å². The van der Waals surface area contributed by atoms with Gasteiger partial charge >= 0.3 is 12.1 Å². The molecule has 12 heteroatoms. The lowest BCUT2D eigenvalue weighted by atomic mass is 10.1. The van der Waals surface area contributed by atoms with Crippen molar-refractivity contribution < 1.29 is 32.4 Å². The van der Waals surface area contributed by atoms with Crippen molar-refractivity contribution in [3.05, 3.63) is 81.2 Å². The highest BCUT2D eigenvalue weighted by atomic mass is 19.4. The standard InChI is InChI=1S/C21H17F3N4O5/c1-12-9-13(2)27(26-12)15-5-3-14(4-6-15)20(30)33-11-19(29)25-18-8-7-16(28(31)32)10-17(18)21(22,23)24/h3-10H,11H2,1-2H3,(H,25,29). The monoisotopic (exact) mass is 462 g/mol. The van der Waals surface area contributed by atoms with Crippen LogP contribution < -0.4 is 5.32 Å². The number of hydrogen-bond acceptors (Lipinski definition) is 6. The summed E-state index contributed by atoms with van der Waals surface area (Å²) in [7, 11) is 0. The second-order valence-corrected chi connectivity index (χ2v) is 6.99. The van der Waals surface area contributed by atoms with Gasteiger partial charge in [0.25, 0.3) is 11.6 Å². The van der Waals surface area contributed by atoms with Gasteiger partial charge in [0, 0.05) is 17.8 Å². The second-order valence-electron chi connectivity index (χ2n) is 6.99. The van der Waals surface area contributed by atoms with Gasteiger partial charge in [0.2, 0.25) is 0 Å². The van der Waals surface area contributed by atoms with Crippen molar-refractivity contribution in [3.63, 3.8) is 0 Å². The molecular formula is C21H17F3N4O5. The van der Waals surface area contributed by atoms with Gasteiger partial charge in [-0.1, -0.05) is 0 Å². The lowest BCUT2D eigenvalue weighted by Crippen LogP contribution is -2.23. The van der Waals surface area contributed by atoms with E-state index in [0.717, 1.165) is 23.5 Å². The number of nitro groups is 1. The highest BCUT2D eigenvalue weighted by Crippen LogP contribution is 2.37. The summed E-state index contributed by atoms with van der Waals surface area (Å²) in [5.41, 5.74) is -0.324. The number of anilines is 1. The number of alkyl halides is 3. The zero-order valence-corrected chi connectivity index (χ0v) is 17.3. The van der Waals surface area contributed by atoms with E-state index in [0.29, 0.717) is 11.8 Å². The number of halogens is 3. The maximum Gasteiger partial charge on any atom is 0.418 e. The normalized spacial score (nSPS) is 11.2. The Morgan fingerprint density at radius 3 is 2.33 bits per heavy atom. The fourth-order valence-electron chi connectivity index (χ4n) is 3.02. The van der Waals surface area contributed by atoms with Crippen LogP contribution in [0.5, 0.6) is 0 Å². The molecule has 1 aromatic heterocycles. The lowest BCUT2D eigenvalue weighted by Gasteiger charge is -2.13. The molecule has 0 aliphatic heterocycles. The number of nitrogens with zero attached hydrogens (tertiary/aromatic N) is 3. The topological polar surface area (TPSA) is 116 Å². The third kappa shape index (κ3) is 5.53. The number of carbonyl (C=O) groups excluding carboxylic acids is 2. The number of rotatable bonds is 6. The van der Waals surface area contributed by atoms with Crippen molar-refractivity contribution in [1.29, 1.82) is 0 Å². The molecule has 0 bridgehead atoms. The molecule has 0 saturated heterocycles. The summed E-state index contributed by atoms with van der Waals surface area (Å²) >= 11 is 0. The van der Waals surface area contributed by atoms with E-state index in [1.165, 1.54) is 12.1 Å². The molecule has 0 atom stereocenters. The summed E-state index contributed by atoms with van der Waals surface area (Å²) in [5.74, 6) is -1.90. The largest absolute Gasteiger partial charge is 0.452 e. The van der Waals surface area contributed by atoms with E-state index in [2.05, 4.69) is 5.10 Å². The van der Waals surface area contributed by atoms with Gasteiger partial charge in [-0.2, -0.15) is 18.3 Å². The molecule has 33 heavy (non-hydrogen) atoms. The van der Waals surface area contributed by atoms with Crippen LogP contribution in [0, 0.1) is 24.0 Å². The minimum absolute atomic E-state index is 0.124. The molecule has 1 heterocycles. The van der Waals surface area contributed by atoms with E-state index in [-0.39, 0.29) is 5.56 Å². The quantitative estimate of drug-likeness (QED) is 0.333. The zero-order valence-electron chi connectivity index (χ0n) is 17.3. The number of esters is 1. The maximum atomic E-state index is 13.2. The van der Waals surface area contributed by atoms with E-state index < -0.39 is 46.5 Å². The molecular weight excluding hydrogens is 445 g/mol. The van der Waals surface area contributed by atoms with Gasteiger partial charge < -0.3 is 10.1 Å². The number of aromatic nitrogens is 2. The number of ether oxygens (including phenoxy) is 1. The zero-order chi connectivity index (χ0) is 24.3. The average Bonchev–Trinajstić information content (AvgIpc) is 3.09. The van der Waals surface area contributed by atoms with E-state index in [4.69, 9.17) is 4.74 Å². The predicted molar refractivity (Wildman–Crippen MR) is 110 cm³/mol. The lowest BCUT2D eigenvalue weighted by molar-refractivity contribution is -0.385. The van der Waals surface area contributed by atoms with Crippen LogP contribution >= 0.6 is 0 Å². The fourth-order valence-corrected chi connectivity index (χ4v) is 3.02. The van der Waals surface area contributed by atoms with Gasteiger partial charge in [0.15, 0.2) is 6.61 Å². The number of non-ortho nitro benzene ring substituents is 1. The Hall–Kier alpha value is -4.22. The molecule has 3 aromatic rings. The summed E-state index contributed by atoms with van der Waals surface area (Å²) in [6.45, 7) is 2.86. The van der Waals surface area contributed by atoms with Crippen molar-refractivity contribution in [1.82, 2.24) is 9.78 Å². The maximum absolute atomic E-state index is 13.2. The van der Waals surface area contributed by atoms with Crippen LogP contribution in [0.25, 0.3) is 5.69 Å². The molecule has 1 amide bonds. The number of nitro benzene ring substituents is 1. The van der Waals surface area contributed by atoms with Crippen LogP contribution in [0.4, 0.5) is 24.5 Å². The van der Waals surface area contributed by atoms with Crippen LogP contribution in [-0.4, -0.2) is 33.2 Å². The Balaban J connectivity index is 1.65. The van der Waals surface area contributed by atoms with Gasteiger partial charge in [-0.25, -0.2) is 9.48 Å². The predicted octanol–water partition coefficient (Wildman–Crippen LogP) is 4.21. The molecule has 2 aromatic carbocycles. The number of aryl methyl sites for hydroxylation is 2. The van der Waals surface area contributed by atoms with Crippen LogP contribution in [0.1, 0.15) is 27.3 Å². The molecule has 172 valence electrons. The summed E-state index contributed by atoms with van der Waals surface area (Å²) in [6.07, 6.45) is -4.95. The number of nitrogens with one attached hydrogen (secondary N) is 1. The first-order valence-corrected chi connectivity index (χ1v) is 9.42. The molecule has 3 rings (SSSR count). The SMILES string of the molecule is Cc1cc(C)n(-c2ccc(C(=O)OCC(=O)Nc3ccc([N+](=O)[O-])cc3C(F)(F)F)cc2)n1. The highest BCUT2D eigenvalue weighted by Gasteiger charge is 2.35. The molecule has 9 nitrogen and oxygen atoms in total. The third-order valence-electron chi connectivity index (χ3n) is 4.48. The van der Waals surface area contributed by atoms with Gasteiger partial charge in [0.05, 0.1) is 33.1 Å². The second kappa shape index (κ2) is 9.10. The molecule has 0 saturated carbocycles. The van der Waals surface area contributed by atoms with Crippen molar-refractivity contribution in [2.75, 3.05) is 11.9 Å². The van der Waals surface area contributed by atoms with Crippen LogP contribution in [0.15, 0.2) is 48.5 Å². The van der Waals surface area contributed by atoms with E-state index in [1.54, 1.807) is 16.8 Å². The number of benzene rings is 2. The Bertz CT molecular complexity index is 1220. The Kier molecular flexibility index (Phi) is 6.47. The Morgan fingerprint density at radius 1 is 1.12 bits per heavy atom. The third-order valence-corrected chi connectivity index (χ3v) is 4.48. The van der Waals surface area contributed by atoms with E-state index in [9.17, 15) is 32.9 Å². The first kappa shape index (κ1) is 23.4. The molecule has 0 aliphatic carbocycles. The van der Waals surface area contributed by atoms with Crippen molar-refractivity contribution in [3.8, 4) is 5.69 Å². The molecule has 0 spiro atoms. The first-order valence-electron chi connectivity index (χ1n) is 9.42. The Morgan fingerprint density at radius 2 is 1.79 bits per heavy atom. The smallest absolute Gasteiger partial charge is 0.418 e. The van der Waals surface area contributed by atoms with Gasteiger partial charge in [-0.3, -0.25) is 14.9 Å². The summed E-state index contributed by atoms with van der Waals surface area (Å²) < 4.78 is 46.1. The van der Waals surface area contributed by atoms with E-state index in [1.807, 2.05) is 25.2 Å². The molecule has 0 fully saturated rings. The Labute approximate surface area is 184 Å². The van der Waals surface area contributed by atoms with Gasteiger partial charge in [-0.05, 0) is 50.2 Å². The number of amides is 1. The van der Waals surface area contributed by atoms with Gasteiger partial charge in [-0.15, -0.1) is 0 Å². The molecule has 1 N–H and O–H groups in total. The number of hydrogen-bond donors (Lipinski definition) is 1. The summed E-state index contributed by atoms with van der Waals surface area (Å²) in [6, 6.07) is 9.96.